The summed E-state index contributed by atoms with van der Waals surface area (Å²) in [4.78, 5) is 0. The number of nitrogens with one attached hydrogen (secondary N) is 2. The lowest BCUT2D eigenvalue weighted by Crippen LogP contribution is -2.44. The number of rotatable bonds is 2. The monoisotopic (exact) mass is 156 g/mol. The van der Waals surface area contributed by atoms with Gasteiger partial charge in [0, 0.05) is 18.6 Å². The maximum Gasteiger partial charge on any atom is 0.0188 e. The summed E-state index contributed by atoms with van der Waals surface area (Å²) >= 11 is 0. The number of hydrogen-bond donors (Lipinski definition) is 2. The molecule has 0 atom stereocenters. The van der Waals surface area contributed by atoms with Crippen LogP contribution in [-0.4, -0.2) is 25.2 Å². The highest BCUT2D eigenvalue weighted by Gasteiger charge is 2.25. The first-order valence-corrected chi connectivity index (χ1v) is 4.79. The third kappa shape index (κ3) is 2.17. The summed E-state index contributed by atoms with van der Waals surface area (Å²) in [5, 5.41) is 7.04. The SMILES string of the molecule is CCC1(CC)CCNCCN1. The van der Waals surface area contributed by atoms with Crippen LogP contribution in [0.1, 0.15) is 33.1 Å². The van der Waals surface area contributed by atoms with Crippen LogP contribution in [0.5, 0.6) is 0 Å². The van der Waals surface area contributed by atoms with E-state index in [9.17, 15) is 0 Å². The van der Waals surface area contributed by atoms with Crippen LogP contribution in [-0.2, 0) is 0 Å². The molecule has 0 bridgehead atoms. The van der Waals surface area contributed by atoms with Gasteiger partial charge < -0.3 is 10.6 Å². The molecular formula is C9H20N2. The third-order valence-electron chi connectivity index (χ3n) is 2.94. The summed E-state index contributed by atoms with van der Waals surface area (Å²) < 4.78 is 0. The molecule has 1 aliphatic rings. The quantitative estimate of drug-likeness (QED) is 0.626. The van der Waals surface area contributed by atoms with Crippen molar-refractivity contribution < 1.29 is 0 Å². The van der Waals surface area contributed by atoms with Gasteiger partial charge in [0.1, 0.15) is 0 Å². The van der Waals surface area contributed by atoms with Crippen LogP contribution >= 0.6 is 0 Å². The fourth-order valence-corrected chi connectivity index (χ4v) is 1.81. The van der Waals surface area contributed by atoms with Crippen LogP contribution in [0.3, 0.4) is 0 Å². The topological polar surface area (TPSA) is 24.1 Å². The average molecular weight is 156 g/mol. The third-order valence-corrected chi connectivity index (χ3v) is 2.94. The Labute approximate surface area is 69.8 Å². The smallest absolute Gasteiger partial charge is 0.0188 e. The standard InChI is InChI=1S/C9H20N2/c1-3-9(4-2)5-6-10-7-8-11-9/h10-11H,3-8H2,1-2H3. The highest BCUT2D eigenvalue weighted by atomic mass is 15.0. The van der Waals surface area contributed by atoms with E-state index >= 15 is 0 Å². The van der Waals surface area contributed by atoms with E-state index in [-0.39, 0.29) is 0 Å². The van der Waals surface area contributed by atoms with Gasteiger partial charge in [-0.25, -0.2) is 0 Å². The maximum atomic E-state index is 3.63. The normalized spacial score (nSPS) is 24.5. The summed E-state index contributed by atoms with van der Waals surface area (Å²) in [6, 6.07) is 0. The lowest BCUT2D eigenvalue weighted by atomic mass is 9.89. The molecular weight excluding hydrogens is 136 g/mol. The Morgan fingerprint density at radius 2 is 1.82 bits per heavy atom. The van der Waals surface area contributed by atoms with Gasteiger partial charge in [0.25, 0.3) is 0 Å². The first kappa shape index (κ1) is 9.01. The maximum absolute atomic E-state index is 3.63. The zero-order chi connectivity index (χ0) is 8.16. The van der Waals surface area contributed by atoms with Gasteiger partial charge in [-0.3, -0.25) is 0 Å². The lowest BCUT2D eigenvalue weighted by Gasteiger charge is -2.31. The second-order valence-corrected chi connectivity index (χ2v) is 3.41. The summed E-state index contributed by atoms with van der Waals surface area (Å²) in [5.74, 6) is 0. The van der Waals surface area contributed by atoms with Crippen molar-refractivity contribution in [2.45, 2.75) is 38.6 Å². The van der Waals surface area contributed by atoms with Crippen molar-refractivity contribution in [1.29, 1.82) is 0 Å². The Hall–Kier alpha value is -0.0800. The van der Waals surface area contributed by atoms with Gasteiger partial charge in [0.05, 0.1) is 0 Å². The first-order valence-electron chi connectivity index (χ1n) is 4.79. The van der Waals surface area contributed by atoms with Gasteiger partial charge in [-0.1, -0.05) is 13.8 Å². The Balaban J connectivity index is 2.49. The van der Waals surface area contributed by atoms with Crippen LogP contribution < -0.4 is 10.6 Å². The van der Waals surface area contributed by atoms with Gasteiger partial charge in [-0.05, 0) is 25.8 Å². The Kier molecular flexibility index (Phi) is 3.34. The molecule has 1 aliphatic heterocycles. The molecule has 0 saturated carbocycles. The van der Waals surface area contributed by atoms with E-state index in [0.717, 1.165) is 13.1 Å². The molecule has 1 rings (SSSR count). The van der Waals surface area contributed by atoms with Crippen LogP contribution in [0, 0.1) is 0 Å². The van der Waals surface area contributed by atoms with Crippen molar-refractivity contribution in [3.05, 3.63) is 0 Å². The highest BCUT2D eigenvalue weighted by molar-refractivity contribution is 4.88. The average Bonchev–Trinajstić information content (AvgIpc) is 2.30. The van der Waals surface area contributed by atoms with E-state index in [4.69, 9.17) is 0 Å². The molecule has 0 unspecified atom stereocenters. The van der Waals surface area contributed by atoms with E-state index in [1.54, 1.807) is 0 Å². The van der Waals surface area contributed by atoms with Crippen molar-refractivity contribution in [3.8, 4) is 0 Å². The molecule has 11 heavy (non-hydrogen) atoms. The first-order chi connectivity index (χ1) is 5.33. The van der Waals surface area contributed by atoms with Crippen LogP contribution in [0.4, 0.5) is 0 Å². The lowest BCUT2D eigenvalue weighted by molar-refractivity contribution is 0.301. The molecule has 0 spiro atoms. The Morgan fingerprint density at radius 1 is 1.09 bits per heavy atom. The molecule has 2 heteroatoms. The van der Waals surface area contributed by atoms with Gasteiger partial charge in [0.15, 0.2) is 0 Å². The molecule has 1 heterocycles. The molecule has 1 saturated heterocycles. The van der Waals surface area contributed by atoms with Gasteiger partial charge in [-0.15, -0.1) is 0 Å². The second-order valence-electron chi connectivity index (χ2n) is 3.41. The van der Waals surface area contributed by atoms with Gasteiger partial charge in [-0.2, -0.15) is 0 Å². The van der Waals surface area contributed by atoms with Crippen LogP contribution in [0.25, 0.3) is 0 Å². The van der Waals surface area contributed by atoms with E-state index in [0.29, 0.717) is 5.54 Å². The van der Waals surface area contributed by atoms with E-state index < -0.39 is 0 Å². The van der Waals surface area contributed by atoms with Crippen molar-refractivity contribution in [2.24, 2.45) is 0 Å². The zero-order valence-electron chi connectivity index (χ0n) is 7.74. The van der Waals surface area contributed by atoms with Crippen molar-refractivity contribution in [3.63, 3.8) is 0 Å². The highest BCUT2D eigenvalue weighted by Crippen LogP contribution is 2.19. The molecule has 66 valence electrons. The minimum absolute atomic E-state index is 0.434. The van der Waals surface area contributed by atoms with E-state index in [1.165, 1.54) is 25.8 Å². The van der Waals surface area contributed by atoms with Crippen molar-refractivity contribution >= 4 is 0 Å². The predicted octanol–water partition coefficient (Wildman–Crippen LogP) is 1.13. The van der Waals surface area contributed by atoms with Crippen LogP contribution in [0.2, 0.25) is 0 Å². The Morgan fingerprint density at radius 3 is 2.45 bits per heavy atom. The van der Waals surface area contributed by atoms with Gasteiger partial charge >= 0.3 is 0 Å². The summed E-state index contributed by atoms with van der Waals surface area (Å²) in [5.41, 5.74) is 0.434. The van der Waals surface area contributed by atoms with Gasteiger partial charge in [0.2, 0.25) is 0 Å². The molecule has 2 N–H and O–H groups in total. The molecule has 0 aromatic rings. The summed E-state index contributed by atoms with van der Waals surface area (Å²) in [6.45, 7) is 7.99. The second kappa shape index (κ2) is 4.07. The van der Waals surface area contributed by atoms with E-state index in [2.05, 4.69) is 24.5 Å². The largest absolute Gasteiger partial charge is 0.315 e. The minimum Gasteiger partial charge on any atom is -0.315 e. The fraction of sp³-hybridized carbons (Fsp3) is 1.00. The predicted molar refractivity (Wildman–Crippen MR) is 48.8 cm³/mol. The summed E-state index contributed by atoms with van der Waals surface area (Å²) in [7, 11) is 0. The minimum atomic E-state index is 0.434. The number of hydrogen-bond acceptors (Lipinski definition) is 2. The molecule has 1 fully saturated rings. The molecule has 0 aromatic heterocycles. The molecule has 0 aromatic carbocycles. The fourth-order valence-electron chi connectivity index (χ4n) is 1.81. The van der Waals surface area contributed by atoms with E-state index in [1.807, 2.05) is 0 Å². The molecule has 0 radical (unpaired) electrons. The molecule has 0 amide bonds. The van der Waals surface area contributed by atoms with Crippen molar-refractivity contribution in [2.75, 3.05) is 19.6 Å². The molecule has 2 nitrogen and oxygen atoms in total. The van der Waals surface area contributed by atoms with Crippen molar-refractivity contribution in [1.82, 2.24) is 10.6 Å². The molecule has 0 aliphatic carbocycles. The summed E-state index contributed by atoms with van der Waals surface area (Å²) in [6.07, 6.45) is 3.79. The Bertz CT molecular complexity index is 98.1. The van der Waals surface area contributed by atoms with Crippen LogP contribution in [0.15, 0.2) is 0 Å². The zero-order valence-corrected chi connectivity index (χ0v) is 7.74.